The van der Waals surface area contributed by atoms with Crippen LogP contribution in [0.5, 0.6) is 0 Å². The van der Waals surface area contributed by atoms with Gasteiger partial charge in [0.05, 0.1) is 5.41 Å². The average molecular weight is 306 g/mol. The molecule has 5 nitrogen and oxygen atoms in total. The van der Waals surface area contributed by atoms with E-state index in [1.807, 2.05) is 13.8 Å². The number of imide groups is 1. The predicted octanol–water partition coefficient (Wildman–Crippen LogP) is -1.66. The summed E-state index contributed by atoms with van der Waals surface area (Å²) in [4.78, 5) is 26.8. The number of amides is 3. The molecule has 1 aliphatic rings. The number of rotatable bonds is 7. The molecule has 0 aromatic carbocycles. The number of hydrogen-bond acceptors (Lipinski definition) is 4. The minimum Gasteiger partial charge on any atom is -0.861 e. The van der Waals surface area contributed by atoms with Crippen LogP contribution in [0.3, 0.4) is 0 Å². The summed E-state index contributed by atoms with van der Waals surface area (Å²) in [5.41, 5.74) is -1.22. The Bertz CT molecular complexity index is 414. The quantitative estimate of drug-likeness (QED) is 0.347. The Kier molecular flexibility index (Phi) is 8.74. The second-order valence-electron chi connectivity index (χ2n) is 4.64. The minimum atomic E-state index is -1.22. The van der Waals surface area contributed by atoms with Crippen molar-refractivity contribution in [2.75, 3.05) is 11.5 Å². The van der Waals surface area contributed by atoms with Crippen LogP contribution in [0.4, 0.5) is 4.79 Å². The van der Waals surface area contributed by atoms with Gasteiger partial charge in [-0.25, -0.2) is 9.79 Å². The summed E-state index contributed by atoms with van der Waals surface area (Å²) in [5, 5.41) is 14.3. The van der Waals surface area contributed by atoms with Crippen LogP contribution < -0.4 is 40.0 Å². The molecule has 1 heterocycles. The van der Waals surface area contributed by atoms with Crippen LogP contribution in [-0.2, 0) is 4.79 Å². The molecule has 0 spiro atoms. The number of nitrogens with one attached hydrogen (secondary N) is 1. The van der Waals surface area contributed by atoms with E-state index in [0.29, 0.717) is 11.5 Å². The molecule has 20 heavy (non-hydrogen) atoms. The molecular formula is C13H19N2NaO3S. The molecule has 2 unspecified atom stereocenters. The maximum atomic E-state index is 12.2. The molecular weight excluding hydrogens is 287 g/mol. The fourth-order valence-corrected chi connectivity index (χ4v) is 3.36. The van der Waals surface area contributed by atoms with Crippen LogP contribution >= 0.6 is 11.8 Å². The van der Waals surface area contributed by atoms with Crippen molar-refractivity contribution >= 4 is 29.6 Å². The summed E-state index contributed by atoms with van der Waals surface area (Å²) in [5.74, 6) is -0.315. The zero-order valence-corrected chi connectivity index (χ0v) is 15.1. The number of carbonyl (C=O) groups is 2. The van der Waals surface area contributed by atoms with Crippen molar-refractivity contribution in [2.45, 2.75) is 26.7 Å². The summed E-state index contributed by atoms with van der Waals surface area (Å²) >= 11 is 1.45. The van der Waals surface area contributed by atoms with E-state index in [1.54, 1.807) is 6.08 Å². The van der Waals surface area contributed by atoms with Crippen molar-refractivity contribution in [2.24, 2.45) is 16.3 Å². The van der Waals surface area contributed by atoms with Gasteiger partial charge in [-0.2, -0.15) is 11.8 Å². The number of urea groups is 1. The zero-order valence-electron chi connectivity index (χ0n) is 12.3. The molecule has 0 aromatic heterocycles. The van der Waals surface area contributed by atoms with E-state index in [4.69, 9.17) is 0 Å². The molecule has 0 aromatic rings. The van der Waals surface area contributed by atoms with E-state index < -0.39 is 23.3 Å². The fraction of sp³-hybridized carbons (Fsp3) is 0.615. The smallest absolute Gasteiger partial charge is 0.861 e. The van der Waals surface area contributed by atoms with E-state index in [9.17, 15) is 14.7 Å². The van der Waals surface area contributed by atoms with Crippen molar-refractivity contribution < 1.29 is 44.3 Å². The third kappa shape index (κ3) is 4.10. The van der Waals surface area contributed by atoms with Gasteiger partial charge < -0.3 is 5.11 Å². The van der Waals surface area contributed by atoms with Crippen molar-refractivity contribution in [1.29, 1.82) is 0 Å². The summed E-state index contributed by atoms with van der Waals surface area (Å²) < 4.78 is 0. The van der Waals surface area contributed by atoms with E-state index in [0.717, 1.165) is 12.8 Å². The van der Waals surface area contributed by atoms with Gasteiger partial charge in [-0.15, -0.1) is 6.58 Å². The fourth-order valence-electron chi connectivity index (χ4n) is 2.21. The Morgan fingerprint density at radius 3 is 2.70 bits per heavy atom. The van der Waals surface area contributed by atoms with E-state index in [2.05, 4.69) is 16.9 Å². The van der Waals surface area contributed by atoms with Crippen molar-refractivity contribution in [3.05, 3.63) is 12.7 Å². The molecule has 1 rings (SSSR count). The van der Waals surface area contributed by atoms with Gasteiger partial charge in [0, 0.05) is 11.5 Å². The van der Waals surface area contributed by atoms with Crippen LogP contribution in [0, 0.1) is 11.3 Å². The summed E-state index contributed by atoms with van der Waals surface area (Å²) in [6, 6.07) is -0.858. The molecule has 0 saturated carbocycles. The standard InChI is InChI=1S/C13H20N2O3S.Na/c1-4-6-9(3)13(8-19-7-5-2)10(16)14-12(18)15-11(13)17;/h5,9H,2,4,6-8H2,1,3H3,(H2,14,15,16,17,18);/q;+1/p-1. The molecule has 1 N–H and O–H groups in total. The summed E-state index contributed by atoms with van der Waals surface area (Å²) in [6.45, 7) is 7.47. The topological polar surface area (TPSA) is 81.6 Å². The van der Waals surface area contributed by atoms with Crippen LogP contribution in [0.25, 0.3) is 0 Å². The predicted molar refractivity (Wildman–Crippen MR) is 75.0 cm³/mol. The first-order valence-electron chi connectivity index (χ1n) is 6.29. The maximum Gasteiger partial charge on any atom is 1.00 e. The number of nitrogens with zero attached hydrogens (tertiary/aromatic N) is 1. The maximum absolute atomic E-state index is 12.2. The number of hydrogen-bond donors (Lipinski definition) is 1. The van der Waals surface area contributed by atoms with Gasteiger partial charge in [0.25, 0.3) is 0 Å². The van der Waals surface area contributed by atoms with E-state index >= 15 is 0 Å². The van der Waals surface area contributed by atoms with Crippen LogP contribution in [0.15, 0.2) is 17.6 Å². The zero-order chi connectivity index (χ0) is 14.5. The van der Waals surface area contributed by atoms with Gasteiger partial charge in [-0.05, 0) is 18.2 Å². The number of aliphatic imine (C=N–C) groups is 1. The second-order valence-corrected chi connectivity index (χ2v) is 5.67. The van der Waals surface area contributed by atoms with Crippen LogP contribution in [0.1, 0.15) is 26.7 Å². The van der Waals surface area contributed by atoms with Gasteiger partial charge in [-0.1, -0.05) is 26.3 Å². The first-order chi connectivity index (χ1) is 8.98. The Morgan fingerprint density at radius 1 is 1.55 bits per heavy atom. The molecule has 0 aliphatic carbocycles. The largest absolute Gasteiger partial charge is 1.00 e. The van der Waals surface area contributed by atoms with Gasteiger partial charge >= 0.3 is 35.6 Å². The van der Waals surface area contributed by atoms with Crippen molar-refractivity contribution in [3.8, 4) is 0 Å². The molecule has 106 valence electrons. The molecule has 3 amide bonds. The summed E-state index contributed by atoms with van der Waals surface area (Å²) in [6.07, 6.45) is 3.32. The molecule has 1 aliphatic heterocycles. The van der Waals surface area contributed by atoms with Crippen LogP contribution in [0.2, 0.25) is 0 Å². The van der Waals surface area contributed by atoms with Crippen LogP contribution in [-0.4, -0.2) is 29.3 Å². The molecule has 2 atom stereocenters. The third-order valence-corrected chi connectivity index (χ3v) is 4.47. The Labute approximate surface area is 146 Å². The first-order valence-corrected chi connectivity index (χ1v) is 7.44. The first kappa shape index (κ1) is 19.7. The van der Waals surface area contributed by atoms with Crippen molar-refractivity contribution in [1.82, 2.24) is 5.32 Å². The normalized spacial score (nSPS) is 23.4. The third-order valence-electron chi connectivity index (χ3n) is 3.34. The SMILES string of the molecule is C=CCSCC1(C(C)CCC)C(=O)NC(=O)N=C1[O-].[Na+]. The molecule has 0 fully saturated rings. The van der Waals surface area contributed by atoms with Gasteiger partial charge in [0.15, 0.2) is 0 Å². The molecule has 0 saturated heterocycles. The van der Waals surface area contributed by atoms with Gasteiger partial charge in [-0.3, -0.25) is 10.1 Å². The summed E-state index contributed by atoms with van der Waals surface area (Å²) in [7, 11) is 0. The Hall–Kier alpha value is -0.300. The molecule has 7 heteroatoms. The van der Waals surface area contributed by atoms with Gasteiger partial charge in [0.2, 0.25) is 5.91 Å². The van der Waals surface area contributed by atoms with E-state index in [1.165, 1.54) is 11.8 Å². The number of thioether (sulfide) groups is 1. The number of carbonyl (C=O) groups excluding carboxylic acids is 2. The van der Waals surface area contributed by atoms with Crippen molar-refractivity contribution in [3.63, 3.8) is 0 Å². The molecule has 0 bridgehead atoms. The average Bonchev–Trinajstić information content (AvgIpc) is 2.33. The van der Waals surface area contributed by atoms with E-state index in [-0.39, 0.29) is 35.5 Å². The Balaban J connectivity index is 0.00000361. The molecule has 0 radical (unpaired) electrons. The monoisotopic (exact) mass is 306 g/mol. The second kappa shape index (κ2) is 8.87. The minimum absolute atomic E-state index is 0. The Morgan fingerprint density at radius 2 is 2.20 bits per heavy atom. The van der Waals surface area contributed by atoms with Gasteiger partial charge in [0.1, 0.15) is 0 Å².